The Morgan fingerprint density at radius 1 is 1.37 bits per heavy atom. The first kappa shape index (κ1) is 16.1. The third-order valence-electron chi connectivity index (χ3n) is 2.06. The molecule has 0 fully saturated rings. The molecule has 0 aliphatic heterocycles. The van der Waals surface area contributed by atoms with Crippen LogP contribution in [0.2, 0.25) is 0 Å². The molecule has 4 nitrogen and oxygen atoms in total. The summed E-state index contributed by atoms with van der Waals surface area (Å²) < 4.78 is 85.1. The molecular weight excluding hydrogens is 319 g/mol. The number of nitrogens with zero attached hydrogens (tertiary/aromatic N) is 1. The highest BCUT2D eigenvalue weighted by Crippen LogP contribution is 2.36. The van der Waals surface area contributed by atoms with Crippen LogP contribution >= 0.6 is 10.7 Å². The fourth-order valence-corrected chi connectivity index (χ4v) is 2.42. The highest BCUT2D eigenvalue weighted by atomic mass is 35.7. The van der Waals surface area contributed by atoms with Crippen LogP contribution in [0.3, 0.4) is 0 Å². The van der Waals surface area contributed by atoms with Crippen LogP contribution < -0.4 is 5.73 Å². The van der Waals surface area contributed by atoms with Gasteiger partial charge in [0.05, 0.1) is 16.2 Å². The Labute approximate surface area is 108 Å². The van der Waals surface area contributed by atoms with Crippen molar-refractivity contribution in [2.75, 3.05) is 0 Å². The molecule has 1 heterocycles. The Morgan fingerprint density at radius 2 is 1.89 bits per heavy atom. The minimum Gasteiger partial charge on any atom is -0.325 e. The number of hydrogen-bond donors (Lipinski definition) is 1. The van der Waals surface area contributed by atoms with Crippen molar-refractivity contribution in [3.8, 4) is 0 Å². The Morgan fingerprint density at radius 3 is 2.21 bits per heavy atom. The topological polar surface area (TPSA) is 73.0 Å². The minimum absolute atomic E-state index is 0.0387. The zero-order valence-electron chi connectivity index (χ0n) is 8.88. The summed E-state index contributed by atoms with van der Waals surface area (Å²) in [6, 6.07) is -0.0387. The maximum Gasteiger partial charge on any atom is 0.433 e. The molecule has 0 spiro atoms. The predicted molar refractivity (Wildman–Crippen MR) is 55.1 cm³/mol. The number of aromatic nitrogens is 1. The SMILES string of the molecule is NCc1nc(C(F)(F)F)cc(S(=O)(=O)Cl)c1C(F)F. The Kier molecular flexibility index (Phi) is 4.37. The number of hydrogen-bond acceptors (Lipinski definition) is 4. The average molecular weight is 325 g/mol. The minimum atomic E-state index is -5.01. The Balaban J connectivity index is 3.75. The van der Waals surface area contributed by atoms with Crippen LogP contribution in [0, 0.1) is 0 Å². The van der Waals surface area contributed by atoms with Gasteiger partial charge in [-0.1, -0.05) is 0 Å². The van der Waals surface area contributed by atoms with Crippen LogP contribution in [0.4, 0.5) is 22.0 Å². The summed E-state index contributed by atoms with van der Waals surface area (Å²) in [6.45, 7) is -0.789. The Bertz CT molecular complexity index is 588. The van der Waals surface area contributed by atoms with Crippen LogP contribution in [0.1, 0.15) is 23.4 Å². The number of rotatable bonds is 3. The molecule has 0 radical (unpaired) electrons. The van der Waals surface area contributed by atoms with Gasteiger partial charge >= 0.3 is 6.18 Å². The lowest BCUT2D eigenvalue weighted by molar-refractivity contribution is -0.141. The van der Waals surface area contributed by atoms with Gasteiger partial charge in [0.15, 0.2) is 0 Å². The zero-order valence-corrected chi connectivity index (χ0v) is 10.5. The summed E-state index contributed by atoms with van der Waals surface area (Å²) >= 11 is 0. The lowest BCUT2D eigenvalue weighted by Gasteiger charge is -2.14. The van der Waals surface area contributed by atoms with Gasteiger partial charge in [-0.3, -0.25) is 0 Å². The van der Waals surface area contributed by atoms with Gasteiger partial charge in [-0.2, -0.15) is 13.2 Å². The van der Waals surface area contributed by atoms with Gasteiger partial charge in [-0.05, 0) is 6.07 Å². The molecular formula is C8H6ClF5N2O2S. The van der Waals surface area contributed by atoms with E-state index in [1.807, 2.05) is 0 Å². The zero-order chi connectivity index (χ0) is 15.0. The van der Waals surface area contributed by atoms with Gasteiger partial charge in [-0.25, -0.2) is 22.2 Å². The van der Waals surface area contributed by atoms with Gasteiger partial charge in [0, 0.05) is 17.2 Å². The van der Waals surface area contributed by atoms with Gasteiger partial charge < -0.3 is 5.73 Å². The fraction of sp³-hybridized carbons (Fsp3) is 0.375. The van der Waals surface area contributed by atoms with E-state index in [2.05, 4.69) is 4.98 Å². The summed E-state index contributed by atoms with van der Waals surface area (Å²) in [5.74, 6) is 0. The molecule has 1 aromatic heterocycles. The number of nitrogens with two attached hydrogens (primary N) is 1. The van der Waals surface area contributed by atoms with E-state index in [1.165, 1.54) is 0 Å². The molecule has 0 aliphatic rings. The molecule has 108 valence electrons. The van der Waals surface area contributed by atoms with E-state index < -0.39 is 50.0 Å². The second-order valence-electron chi connectivity index (χ2n) is 3.31. The first-order chi connectivity index (χ1) is 8.48. The highest BCUT2D eigenvalue weighted by molar-refractivity contribution is 8.13. The van der Waals surface area contributed by atoms with Crippen LogP contribution in [0.15, 0.2) is 11.0 Å². The Hall–Kier alpha value is -1.00. The van der Waals surface area contributed by atoms with Crippen LogP contribution in [-0.2, 0) is 21.8 Å². The number of halogens is 6. The van der Waals surface area contributed by atoms with E-state index in [-0.39, 0.29) is 6.07 Å². The number of alkyl halides is 5. The van der Waals surface area contributed by atoms with Crippen molar-refractivity contribution < 1.29 is 30.4 Å². The van der Waals surface area contributed by atoms with Crippen molar-refractivity contribution in [3.05, 3.63) is 23.0 Å². The monoisotopic (exact) mass is 324 g/mol. The molecule has 11 heteroatoms. The summed E-state index contributed by atoms with van der Waals surface area (Å²) in [5, 5.41) is 0. The van der Waals surface area contributed by atoms with E-state index in [4.69, 9.17) is 16.4 Å². The normalized spacial score (nSPS) is 13.1. The molecule has 19 heavy (non-hydrogen) atoms. The summed E-state index contributed by atoms with van der Waals surface area (Å²) in [5.41, 5.74) is 1.27. The molecule has 0 bridgehead atoms. The lowest BCUT2D eigenvalue weighted by atomic mass is 10.1. The first-order valence-electron chi connectivity index (χ1n) is 4.52. The van der Waals surface area contributed by atoms with Crippen LogP contribution in [0.5, 0.6) is 0 Å². The second kappa shape index (κ2) is 5.17. The number of pyridine rings is 1. The van der Waals surface area contributed by atoms with Gasteiger partial charge in [0.25, 0.3) is 15.5 Å². The summed E-state index contributed by atoms with van der Waals surface area (Å²) in [6.07, 6.45) is -8.39. The maximum absolute atomic E-state index is 12.7. The predicted octanol–water partition coefficient (Wildman–Crippen LogP) is 2.42. The van der Waals surface area contributed by atoms with E-state index in [0.29, 0.717) is 0 Å². The van der Waals surface area contributed by atoms with Crippen LogP contribution in [0.25, 0.3) is 0 Å². The second-order valence-corrected chi connectivity index (χ2v) is 5.84. The molecule has 0 aliphatic carbocycles. The molecule has 2 N–H and O–H groups in total. The van der Waals surface area contributed by atoms with Gasteiger partial charge in [0.2, 0.25) is 0 Å². The maximum atomic E-state index is 12.7. The van der Waals surface area contributed by atoms with E-state index >= 15 is 0 Å². The first-order valence-corrected chi connectivity index (χ1v) is 6.83. The molecule has 0 saturated carbocycles. The van der Waals surface area contributed by atoms with Crippen molar-refractivity contribution in [1.29, 1.82) is 0 Å². The van der Waals surface area contributed by atoms with E-state index in [9.17, 15) is 30.4 Å². The van der Waals surface area contributed by atoms with Crippen molar-refractivity contribution in [2.45, 2.75) is 24.0 Å². The fourth-order valence-electron chi connectivity index (χ4n) is 1.32. The summed E-state index contributed by atoms with van der Waals surface area (Å²) in [7, 11) is 0.0645. The molecule has 0 unspecified atom stereocenters. The average Bonchev–Trinajstić information content (AvgIpc) is 2.24. The third kappa shape index (κ3) is 3.51. The van der Waals surface area contributed by atoms with Gasteiger partial charge in [-0.15, -0.1) is 0 Å². The van der Waals surface area contributed by atoms with Crippen molar-refractivity contribution in [3.63, 3.8) is 0 Å². The lowest BCUT2D eigenvalue weighted by Crippen LogP contribution is -2.16. The van der Waals surface area contributed by atoms with Crippen molar-refractivity contribution in [2.24, 2.45) is 5.73 Å². The standard InChI is InChI=1S/C8H6ClF5N2O2S/c9-19(17,18)4-1-5(8(12,13)14)16-3(2-15)6(4)7(10)11/h1,7H,2,15H2. The molecule has 0 amide bonds. The molecule has 0 aromatic carbocycles. The van der Waals surface area contributed by atoms with E-state index in [0.717, 1.165) is 0 Å². The third-order valence-corrected chi connectivity index (χ3v) is 3.43. The van der Waals surface area contributed by atoms with E-state index in [1.54, 1.807) is 0 Å². The molecule has 0 saturated heterocycles. The molecule has 1 aromatic rings. The van der Waals surface area contributed by atoms with Crippen LogP contribution in [-0.4, -0.2) is 13.4 Å². The van der Waals surface area contributed by atoms with Crippen molar-refractivity contribution in [1.82, 2.24) is 4.98 Å². The largest absolute Gasteiger partial charge is 0.433 e. The molecule has 1 rings (SSSR count). The summed E-state index contributed by atoms with van der Waals surface area (Å²) in [4.78, 5) is 1.56. The highest BCUT2D eigenvalue weighted by Gasteiger charge is 2.37. The van der Waals surface area contributed by atoms with Crippen molar-refractivity contribution >= 4 is 19.7 Å². The van der Waals surface area contributed by atoms with Gasteiger partial charge in [0.1, 0.15) is 5.69 Å². The molecule has 0 atom stereocenters. The smallest absolute Gasteiger partial charge is 0.325 e. The quantitative estimate of drug-likeness (QED) is 0.684.